The van der Waals surface area contributed by atoms with Crippen LogP contribution >= 0.6 is 0 Å². The van der Waals surface area contributed by atoms with Crippen LogP contribution in [0.3, 0.4) is 0 Å². The Hall–Kier alpha value is -3.87. The second-order valence-corrected chi connectivity index (χ2v) is 6.12. The van der Waals surface area contributed by atoms with Gasteiger partial charge in [0.25, 0.3) is 11.5 Å². The molecule has 2 aromatic heterocycles. The molecule has 0 saturated heterocycles. The Morgan fingerprint density at radius 2 is 1.82 bits per heavy atom. The summed E-state index contributed by atoms with van der Waals surface area (Å²) in [5.41, 5.74) is 1.56. The number of carbonyl (C=O) groups is 1. The van der Waals surface area contributed by atoms with Crippen molar-refractivity contribution in [2.75, 3.05) is 6.54 Å². The number of nitrogens with one attached hydrogen (secondary N) is 2. The summed E-state index contributed by atoms with van der Waals surface area (Å²) in [5.74, 6) is 1.14. The lowest BCUT2D eigenvalue weighted by atomic mass is 10.1. The van der Waals surface area contributed by atoms with Crippen molar-refractivity contribution in [2.45, 2.75) is 6.92 Å². The lowest BCUT2D eigenvalue weighted by molar-refractivity contribution is 0.0957. The first-order chi connectivity index (χ1) is 13.7. The van der Waals surface area contributed by atoms with Crippen LogP contribution in [0.25, 0.3) is 16.9 Å². The number of aromatic amines is 1. The van der Waals surface area contributed by atoms with E-state index in [1.165, 1.54) is 16.8 Å². The maximum Gasteiger partial charge on any atom is 0.273 e. The van der Waals surface area contributed by atoms with Gasteiger partial charge in [-0.1, -0.05) is 18.2 Å². The highest BCUT2D eigenvalue weighted by molar-refractivity contribution is 5.99. The van der Waals surface area contributed by atoms with E-state index in [9.17, 15) is 9.59 Å². The van der Waals surface area contributed by atoms with E-state index < -0.39 is 0 Å². The van der Waals surface area contributed by atoms with Crippen molar-refractivity contribution in [2.24, 2.45) is 0 Å². The Morgan fingerprint density at radius 3 is 2.54 bits per heavy atom. The van der Waals surface area contributed by atoms with Gasteiger partial charge in [-0.3, -0.25) is 14.7 Å². The SMILES string of the molecule is CCNC(=O)c1c[nH]n2c(=O)cc(-c3ccc(Oc4ccccc4)cc3)nc12. The molecule has 2 N–H and O–H groups in total. The molecule has 0 fully saturated rings. The molecule has 0 aliphatic rings. The zero-order chi connectivity index (χ0) is 19.5. The van der Waals surface area contributed by atoms with Crippen LogP contribution in [0.15, 0.2) is 71.7 Å². The molecule has 1 amide bonds. The number of nitrogens with zero attached hydrogens (tertiary/aromatic N) is 2. The molecule has 0 saturated carbocycles. The Kier molecular flexibility index (Phi) is 4.63. The fourth-order valence-corrected chi connectivity index (χ4v) is 2.87. The molecule has 0 aliphatic carbocycles. The van der Waals surface area contributed by atoms with Gasteiger partial charge in [-0.05, 0) is 43.3 Å². The Labute approximate surface area is 160 Å². The lowest BCUT2D eigenvalue weighted by Crippen LogP contribution is -2.23. The number of hydrogen-bond acceptors (Lipinski definition) is 4. The van der Waals surface area contributed by atoms with E-state index in [1.54, 1.807) is 0 Å². The topological polar surface area (TPSA) is 88.5 Å². The largest absolute Gasteiger partial charge is 0.457 e. The van der Waals surface area contributed by atoms with Crippen LogP contribution in [0.4, 0.5) is 0 Å². The number of amides is 1. The highest BCUT2D eigenvalue weighted by atomic mass is 16.5. The molecular formula is C21H18N4O3. The Balaban J connectivity index is 1.68. The predicted octanol–water partition coefficient (Wildman–Crippen LogP) is 3.23. The van der Waals surface area contributed by atoms with E-state index in [1.807, 2.05) is 61.5 Å². The summed E-state index contributed by atoms with van der Waals surface area (Å²) in [4.78, 5) is 29.1. The molecular weight excluding hydrogens is 356 g/mol. The standard InChI is InChI=1S/C21H18N4O3/c1-2-22-21(27)17-13-23-25-19(26)12-18(24-20(17)25)14-8-10-16(11-9-14)28-15-6-4-3-5-7-15/h3-13,23H,2H2,1H3,(H,22,27). The molecule has 7 nitrogen and oxygen atoms in total. The summed E-state index contributed by atoms with van der Waals surface area (Å²) < 4.78 is 7.04. The quantitative estimate of drug-likeness (QED) is 0.561. The third kappa shape index (κ3) is 3.37. The zero-order valence-corrected chi connectivity index (χ0v) is 15.2. The van der Waals surface area contributed by atoms with E-state index in [0.717, 1.165) is 11.3 Å². The van der Waals surface area contributed by atoms with Gasteiger partial charge in [-0.15, -0.1) is 0 Å². The second-order valence-electron chi connectivity index (χ2n) is 6.12. The molecule has 4 aromatic rings. The summed E-state index contributed by atoms with van der Waals surface area (Å²) in [5, 5.41) is 5.49. The first-order valence-electron chi connectivity index (χ1n) is 8.88. The van der Waals surface area contributed by atoms with Crippen molar-refractivity contribution in [1.82, 2.24) is 19.9 Å². The molecule has 0 radical (unpaired) electrons. The van der Waals surface area contributed by atoms with Gasteiger partial charge in [0.15, 0.2) is 5.65 Å². The zero-order valence-electron chi connectivity index (χ0n) is 15.2. The van der Waals surface area contributed by atoms with Crippen LogP contribution < -0.4 is 15.6 Å². The van der Waals surface area contributed by atoms with Crippen LogP contribution in [0.5, 0.6) is 11.5 Å². The summed E-state index contributed by atoms with van der Waals surface area (Å²) >= 11 is 0. The fraction of sp³-hybridized carbons (Fsp3) is 0.0952. The number of rotatable bonds is 5. The molecule has 0 aliphatic heterocycles. The predicted molar refractivity (Wildman–Crippen MR) is 106 cm³/mol. The summed E-state index contributed by atoms with van der Waals surface area (Å²) in [7, 11) is 0. The smallest absolute Gasteiger partial charge is 0.273 e. The first kappa shape index (κ1) is 17.5. The average molecular weight is 374 g/mol. The van der Waals surface area contributed by atoms with Crippen LogP contribution in [0.2, 0.25) is 0 Å². The summed E-state index contributed by atoms with van der Waals surface area (Å²) in [6.07, 6.45) is 1.48. The summed E-state index contributed by atoms with van der Waals surface area (Å²) in [6, 6.07) is 18.2. The highest BCUT2D eigenvalue weighted by Gasteiger charge is 2.15. The maximum absolute atomic E-state index is 12.4. The van der Waals surface area contributed by atoms with Gasteiger partial charge in [-0.2, -0.15) is 0 Å². The van der Waals surface area contributed by atoms with Crippen molar-refractivity contribution in [3.63, 3.8) is 0 Å². The number of ether oxygens (including phenoxy) is 1. The van der Waals surface area contributed by atoms with E-state index in [4.69, 9.17) is 4.74 Å². The molecule has 2 heterocycles. The number of hydrogen-bond donors (Lipinski definition) is 2. The molecule has 2 aromatic carbocycles. The van der Waals surface area contributed by atoms with Crippen molar-refractivity contribution in [3.05, 3.63) is 82.8 Å². The fourth-order valence-electron chi connectivity index (χ4n) is 2.87. The first-order valence-corrected chi connectivity index (χ1v) is 8.88. The van der Waals surface area contributed by atoms with Crippen LogP contribution in [-0.4, -0.2) is 27.0 Å². The van der Waals surface area contributed by atoms with Gasteiger partial charge in [0.1, 0.15) is 17.1 Å². The minimum absolute atomic E-state index is 0.281. The monoisotopic (exact) mass is 374 g/mol. The number of aromatic nitrogens is 3. The maximum atomic E-state index is 12.4. The third-order valence-corrected chi connectivity index (χ3v) is 4.21. The summed E-state index contributed by atoms with van der Waals surface area (Å²) in [6.45, 7) is 2.32. The van der Waals surface area contributed by atoms with Crippen molar-refractivity contribution < 1.29 is 9.53 Å². The molecule has 0 atom stereocenters. The van der Waals surface area contributed by atoms with E-state index in [-0.39, 0.29) is 17.1 Å². The van der Waals surface area contributed by atoms with Gasteiger partial charge in [0.2, 0.25) is 0 Å². The molecule has 0 bridgehead atoms. The third-order valence-electron chi connectivity index (χ3n) is 4.21. The van der Waals surface area contributed by atoms with Crippen LogP contribution in [0, 0.1) is 0 Å². The number of benzene rings is 2. The van der Waals surface area contributed by atoms with Gasteiger partial charge >= 0.3 is 0 Å². The Bertz CT molecular complexity index is 1180. The molecule has 28 heavy (non-hydrogen) atoms. The Morgan fingerprint density at radius 1 is 1.11 bits per heavy atom. The van der Waals surface area contributed by atoms with Crippen LogP contribution in [-0.2, 0) is 0 Å². The number of H-pyrrole nitrogens is 1. The molecule has 4 rings (SSSR count). The normalized spacial score (nSPS) is 10.8. The number of fused-ring (bicyclic) bond motifs is 1. The lowest BCUT2D eigenvalue weighted by Gasteiger charge is -2.07. The van der Waals surface area contributed by atoms with Crippen LogP contribution in [0.1, 0.15) is 17.3 Å². The van der Waals surface area contributed by atoms with Gasteiger partial charge < -0.3 is 10.1 Å². The molecule has 0 unspecified atom stereocenters. The minimum atomic E-state index is -0.292. The highest BCUT2D eigenvalue weighted by Crippen LogP contribution is 2.24. The van der Waals surface area contributed by atoms with Crippen molar-refractivity contribution in [3.8, 4) is 22.8 Å². The average Bonchev–Trinajstić information content (AvgIpc) is 3.14. The minimum Gasteiger partial charge on any atom is -0.457 e. The van der Waals surface area contributed by atoms with Gasteiger partial charge in [0.05, 0.1) is 5.69 Å². The molecule has 0 spiro atoms. The van der Waals surface area contributed by atoms with E-state index in [0.29, 0.717) is 23.6 Å². The van der Waals surface area contributed by atoms with Gasteiger partial charge in [0, 0.05) is 24.4 Å². The molecule has 7 heteroatoms. The van der Waals surface area contributed by atoms with Gasteiger partial charge in [-0.25, -0.2) is 9.50 Å². The molecule has 140 valence electrons. The van der Waals surface area contributed by atoms with E-state index >= 15 is 0 Å². The van der Waals surface area contributed by atoms with Crippen molar-refractivity contribution >= 4 is 11.6 Å². The number of carbonyl (C=O) groups excluding carboxylic acids is 1. The van der Waals surface area contributed by atoms with E-state index in [2.05, 4.69) is 15.4 Å². The van der Waals surface area contributed by atoms with Crippen molar-refractivity contribution in [1.29, 1.82) is 0 Å². The second kappa shape index (κ2) is 7.40. The number of para-hydroxylation sites is 1.